The van der Waals surface area contributed by atoms with Crippen molar-refractivity contribution in [2.75, 3.05) is 0 Å². The molecule has 0 saturated carbocycles. The molecule has 0 spiro atoms. The van der Waals surface area contributed by atoms with Crippen molar-refractivity contribution in [1.29, 1.82) is 0 Å². The maximum atomic E-state index is 11.7. The maximum absolute atomic E-state index is 11.7. The Balaban J connectivity index is 3.48. The summed E-state index contributed by atoms with van der Waals surface area (Å²) in [5.74, 6) is -3.82. The van der Waals surface area contributed by atoms with Crippen molar-refractivity contribution in [3.8, 4) is 0 Å². The lowest BCUT2D eigenvalue weighted by Gasteiger charge is -2.07. The first-order chi connectivity index (χ1) is 12.5. The average molecular weight is 367 g/mol. The van der Waals surface area contributed by atoms with Gasteiger partial charge in [0.25, 0.3) is 0 Å². The molecule has 0 aliphatic heterocycles. The highest BCUT2D eigenvalue weighted by Crippen LogP contribution is 2.12. The minimum atomic E-state index is -1.47. The smallest absolute Gasteiger partial charge is 0.321 e. The van der Waals surface area contributed by atoms with E-state index in [1.807, 2.05) is 0 Å². The van der Waals surface area contributed by atoms with Crippen molar-refractivity contribution in [1.82, 2.24) is 0 Å². The number of carbonyl (C=O) groups is 3. The fourth-order valence-electron chi connectivity index (χ4n) is 3.05. The van der Waals surface area contributed by atoms with E-state index in [2.05, 4.69) is 19.1 Å². The number of carboxylic acids is 1. The van der Waals surface area contributed by atoms with Crippen molar-refractivity contribution in [3.63, 3.8) is 0 Å². The zero-order chi connectivity index (χ0) is 19.6. The third-order valence-corrected chi connectivity index (χ3v) is 4.66. The molecule has 4 heteroatoms. The van der Waals surface area contributed by atoms with Gasteiger partial charge in [-0.1, -0.05) is 70.4 Å². The van der Waals surface area contributed by atoms with Crippen LogP contribution in [0.25, 0.3) is 0 Å². The number of allylic oxidation sites excluding steroid dienone is 2. The molecule has 150 valence electrons. The lowest BCUT2D eigenvalue weighted by atomic mass is 9.95. The summed E-state index contributed by atoms with van der Waals surface area (Å²) in [4.78, 5) is 33.8. The van der Waals surface area contributed by atoms with E-state index in [1.165, 1.54) is 44.9 Å². The van der Waals surface area contributed by atoms with E-state index in [-0.39, 0.29) is 6.42 Å². The molecule has 0 rings (SSSR count). The Morgan fingerprint density at radius 1 is 0.769 bits per heavy atom. The number of rotatable bonds is 18. The highest BCUT2D eigenvalue weighted by atomic mass is 16.4. The second kappa shape index (κ2) is 17.0. The standard InChI is InChI=1S/C22H38O4/c1-3-4-5-6-7-8-9-10-11-12-13-14-15-16-17-18-20(24)21(19(2)23)22(25)26/h10-11,21H,3-9,12-18H2,1-2H3,(H,25,26)/b11-10-. The zero-order valence-electron chi connectivity index (χ0n) is 16.8. The van der Waals surface area contributed by atoms with E-state index in [4.69, 9.17) is 5.11 Å². The van der Waals surface area contributed by atoms with E-state index in [1.54, 1.807) is 0 Å². The Labute approximate surface area is 159 Å². The van der Waals surface area contributed by atoms with Crippen LogP contribution in [0.3, 0.4) is 0 Å². The second-order valence-electron chi connectivity index (χ2n) is 7.18. The molecule has 1 atom stereocenters. The third-order valence-electron chi connectivity index (χ3n) is 4.66. The molecule has 0 aliphatic carbocycles. The molecule has 26 heavy (non-hydrogen) atoms. The van der Waals surface area contributed by atoms with Crippen molar-refractivity contribution in [2.45, 2.75) is 104 Å². The van der Waals surface area contributed by atoms with Crippen LogP contribution in [0.1, 0.15) is 104 Å². The SMILES string of the molecule is CCCCCCCC/C=C\CCCCCCCC(=O)C(C(C)=O)C(=O)O. The lowest BCUT2D eigenvalue weighted by Crippen LogP contribution is -2.29. The normalized spacial score (nSPS) is 12.4. The number of unbranched alkanes of at least 4 members (excludes halogenated alkanes) is 11. The van der Waals surface area contributed by atoms with Gasteiger partial charge < -0.3 is 5.11 Å². The lowest BCUT2D eigenvalue weighted by molar-refractivity contribution is -0.149. The Hall–Kier alpha value is -1.45. The number of carboxylic acid groups (broad SMARTS) is 1. The summed E-state index contributed by atoms with van der Waals surface area (Å²) < 4.78 is 0. The van der Waals surface area contributed by atoms with Gasteiger partial charge in [0, 0.05) is 6.42 Å². The Morgan fingerprint density at radius 3 is 1.69 bits per heavy atom. The van der Waals surface area contributed by atoms with Crippen LogP contribution >= 0.6 is 0 Å². The summed E-state index contributed by atoms with van der Waals surface area (Å²) >= 11 is 0. The minimum absolute atomic E-state index is 0.189. The summed E-state index contributed by atoms with van der Waals surface area (Å²) in [6.07, 6.45) is 20.0. The van der Waals surface area contributed by atoms with Crippen LogP contribution in [0.2, 0.25) is 0 Å². The van der Waals surface area contributed by atoms with Gasteiger partial charge in [-0.15, -0.1) is 0 Å². The molecule has 0 saturated heterocycles. The summed E-state index contributed by atoms with van der Waals surface area (Å²) in [5, 5.41) is 8.89. The molecule has 0 bridgehead atoms. The van der Waals surface area contributed by atoms with Crippen molar-refractivity contribution < 1.29 is 19.5 Å². The van der Waals surface area contributed by atoms with Gasteiger partial charge in [-0.3, -0.25) is 14.4 Å². The number of ketones is 2. The first kappa shape index (κ1) is 24.6. The van der Waals surface area contributed by atoms with Crippen LogP contribution in [0, 0.1) is 5.92 Å². The van der Waals surface area contributed by atoms with Crippen LogP contribution in [-0.2, 0) is 14.4 Å². The summed E-state index contributed by atoms with van der Waals surface area (Å²) in [6, 6.07) is 0. The summed E-state index contributed by atoms with van der Waals surface area (Å²) in [7, 11) is 0. The highest BCUT2D eigenvalue weighted by molar-refractivity contribution is 6.16. The quantitative estimate of drug-likeness (QED) is 0.187. The molecule has 0 amide bonds. The van der Waals surface area contributed by atoms with Crippen LogP contribution in [0.5, 0.6) is 0 Å². The van der Waals surface area contributed by atoms with Crippen LogP contribution in [0.15, 0.2) is 12.2 Å². The van der Waals surface area contributed by atoms with Crippen LogP contribution in [-0.4, -0.2) is 22.6 Å². The summed E-state index contributed by atoms with van der Waals surface area (Å²) in [6.45, 7) is 3.41. The predicted octanol–water partition coefficient (Wildman–Crippen LogP) is 5.88. The van der Waals surface area contributed by atoms with Crippen LogP contribution < -0.4 is 0 Å². The van der Waals surface area contributed by atoms with Gasteiger partial charge in [-0.25, -0.2) is 0 Å². The second-order valence-corrected chi connectivity index (χ2v) is 7.18. The number of hydrogen-bond acceptors (Lipinski definition) is 3. The van der Waals surface area contributed by atoms with E-state index in [0.29, 0.717) is 6.42 Å². The zero-order valence-corrected chi connectivity index (χ0v) is 16.8. The molecule has 4 nitrogen and oxygen atoms in total. The van der Waals surface area contributed by atoms with E-state index in [9.17, 15) is 14.4 Å². The molecule has 1 N–H and O–H groups in total. The molecule has 0 aliphatic rings. The molecule has 1 unspecified atom stereocenters. The van der Waals surface area contributed by atoms with Crippen molar-refractivity contribution in [3.05, 3.63) is 12.2 Å². The third kappa shape index (κ3) is 13.8. The maximum Gasteiger partial charge on any atom is 0.321 e. The molecule has 0 aromatic heterocycles. The molecule has 0 radical (unpaired) electrons. The molecular weight excluding hydrogens is 328 g/mol. The molecule has 0 heterocycles. The molecule has 0 fully saturated rings. The van der Waals surface area contributed by atoms with Gasteiger partial charge in [-0.05, 0) is 39.0 Å². The van der Waals surface area contributed by atoms with Gasteiger partial charge >= 0.3 is 5.97 Å². The monoisotopic (exact) mass is 366 g/mol. The fraction of sp³-hybridized carbons (Fsp3) is 0.773. The number of Topliss-reactive ketones (excluding diaryl/α,β-unsaturated/α-hetero) is 2. The minimum Gasteiger partial charge on any atom is -0.480 e. The first-order valence-electron chi connectivity index (χ1n) is 10.4. The Morgan fingerprint density at radius 2 is 1.23 bits per heavy atom. The first-order valence-corrected chi connectivity index (χ1v) is 10.4. The predicted molar refractivity (Wildman–Crippen MR) is 106 cm³/mol. The molecule has 0 aromatic carbocycles. The topological polar surface area (TPSA) is 71.4 Å². The Kier molecular flexibility index (Phi) is 16.0. The van der Waals surface area contributed by atoms with Gasteiger partial charge in [0.1, 0.15) is 0 Å². The Bertz CT molecular complexity index is 412. The van der Waals surface area contributed by atoms with E-state index >= 15 is 0 Å². The van der Waals surface area contributed by atoms with Gasteiger partial charge in [0.15, 0.2) is 17.5 Å². The van der Waals surface area contributed by atoms with Gasteiger partial charge in [0.05, 0.1) is 0 Å². The highest BCUT2D eigenvalue weighted by Gasteiger charge is 2.29. The average Bonchev–Trinajstić information content (AvgIpc) is 2.57. The van der Waals surface area contributed by atoms with Crippen LogP contribution in [0.4, 0.5) is 0 Å². The number of aliphatic carboxylic acids is 1. The fourth-order valence-corrected chi connectivity index (χ4v) is 3.05. The molecule has 0 aromatic rings. The van der Waals surface area contributed by atoms with E-state index in [0.717, 1.165) is 39.0 Å². The van der Waals surface area contributed by atoms with Crippen molar-refractivity contribution in [2.24, 2.45) is 5.92 Å². The molecular formula is C22H38O4. The van der Waals surface area contributed by atoms with E-state index < -0.39 is 23.5 Å². The van der Waals surface area contributed by atoms with Crippen molar-refractivity contribution >= 4 is 17.5 Å². The van der Waals surface area contributed by atoms with Gasteiger partial charge in [-0.2, -0.15) is 0 Å². The summed E-state index contributed by atoms with van der Waals surface area (Å²) in [5.41, 5.74) is 0. The number of carbonyl (C=O) groups excluding carboxylic acids is 2. The number of hydrogen-bond donors (Lipinski definition) is 1. The van der Waals surface area contributed by atoms with Gasteiger partial charge in [0.2, 0.25) is 0 Å². The largest absolute Gasteiger partial charge is 0.480 e.